The first-order chi connectivity index (χ1) is 35.6. The SMILES string of the molecule is C=C1CC(=O)Oc2cc(OCC(=O)OCC)ccc21.CCOC(=O)COc1ccc2c(c1)OC(=O)C1C2CC12CC(=O)Oc1cc(OCC(=O)OCC)ccc12.CCOC(=O)COc1ccc2ccc(=O)oc2c1. The second-order valence-corrected chi connectivity index (χ2v) is 16.6. The van der Waals surface area contributed by atoms with Gasteiger partial charge in [-0.15, -0.1) is 0 Å². The second-order valence-electron chi connectivity index (χ2n) is 16.6. The molecular weight excluding hydrogens is 969 g/mol. The van der Waals surface area contributed by atoms with Crippen LogP contribution in [0.4, 0.5) is 0 Å². The molecule has 1 fully saturated rings. The maximum Gasteiger partial charge on any atom is 0.344 e. The minimum absolute atomic E-state index is 0.0510. The van der Waals surface area contributed by atoms with Gasteiger partial charge in [-0.25, -0.2) is 24.0 Å². The number of esters is 7. The lowest BCUT2D eigenvalue weighted by Crippen LogP contribution is -2.59. The van der Waals surface area contributed by atoms with E-state index in [-0.39, 0.29) is 64.4 Å². The highest BCUT2D eigenvalue weighted by molar-refractivity contribution is 5.92. The smallest absolute Gasteiger partial charge is 0.344 e. The Balaban J connectivity index is 0.000000181. The first-order valence-electron chi connectivity index (χ1n) is 23.5. The van der Waals surface area contributed by atoms with E-state index in [9.17, 15) is 38.4 Å². The van der Waals surface area contributed by atoms with Gasteiger partial charge in [0, 0.05) is 58.2 Å². The summed E-state index contributed by atoms with van der Waals surface area (Å²) in [4.78, 5) is 93.6. The summed E-state index contributed by atoms with van der Waals surface area (Å²) < 4.78 is 61.9. The van der Waals surface area contributed by atoms with Gasteiger partial charge < -0.3 is 56.5 Å². The fraction of sp³-hybridized carbons (Fsp3) is 0.333. The van der Waals surface area contributed by atoms with Gasteiger partial charge in [0.2, 0.25) is 0 Å². The summed E-state index contributed by atoms with van der Waals surface area (Å²) in [6, 6.07) is 23.2. The summed E-state index contributed by atoms with van der Waals surface area (Å²) in [5, 5.41) is 0.790. The molecule has 3 atom stereocenters. The average Bonchev–Trinajstić information content (AvgIpc) is 3.36. The predicted octanol–water partition coefficient (Wildman–Crippen LogP) is 6.53. The molecular formula is C54H52O20. The zero-order chi connectivity index (χ0) is 52.9. The van der Waals surface area contributed by atoms with Crippen molar-refractivity contribution in [3.63, 3.8) is 0 Å². The van der Waals surface area contributed by atoms with E-state index in [4.69, 9.17) is 56.5 Å². The monoisotopic (exact) mass is 1020 g/mol. The molecule has 1 aromatic heterocycles. The molecule has 3 unspecified atom stereocenters. The molecule has 0 saturated heterocycles. The van der Waals surface area contributed by atoms with E-state index < -0.39 is 52.8 Å². The Morgan fingerprint density at radius 1 is 0.568 bits per heavy atom. The van der Waals surface area contributed by atoms with Crippen LogP contribution in [0.1, 0.15) is 69.6 Å². The van der Waals surface area contributed by atoms with E-state index in [1.807, 2.05) is 6.07 Å². The minimum Gasteiger partial charge on any atom is -0.482 e. The molecule has 3 aliphatic heterocycles. The average molecular weight is 1020 g/mol. The molecule has 388 valence electrons. The van der Waals surface area contributed by atoms with Crippen molar-refractivity contribution in [3.8, 4) is 40.2 Å². The predicted molar refractivity (Wildman–Crippen MR) is 258 cm³/mol. The van der Waals surface area contributed by atoms with Crippen LogP contribution in [-0.4, -0.2) is 94.6 Å². The molecule has 4 aromatic carbocycles. The molecule has 5 aromatic rings. The summed E-state index contributed by atoms with van der Waals surface area (Å²) >= 11 is 0. The van der Waals surface area contributed by atoms with Crippen molar-refractivity contribution in [3.05, 3.63) is 119 Å². The van der Waals surface area contributed by atoms with Crippen LogP contribution < -0.4 is 38.8 Å². The molecule has 74 heavy (non-hydrogen) atoms. The molecule has 1 saturated carbocycles. The van der Waals surface area contributed by atoms with Gasteiger partial charge in [0.1, 0.15) is 45.8 Å². The molecule has 4 aliphatic rings. The van der Waals surface area contributed by atoms with Gasteiger partial charge in [0.25, 0.3) is 0 Å². The van der Waals surface area contributed by atoms with Crippen molar-refractivity contribution in [1.82, 2.24) is 0 Å². The molecule has 9 rings (SSSR count). The van der Waals surface area contributed by atoms with Crippen molar-refractivity contribution in [2.24, 2.45) is 5.92 Å². The Hall–Kier alpha value is -8.68. The molecule has 1 aliphatic carbocycles. The van der Waals surface area contributed by atoms with E-state index in [1.54, 1.807) is 100 Å². The third-order valence-electron chi connectivity index (χ3n) is 11.8. The minimum atomic E-state index is -0.761. The largest absolute Gasteiger partial charge is 0.482 e. The van der Waals surface area contributed by atoms with Gasteiger partial charge in [0.15, 0.2) is 26.4 Å². The molecule has 20 heteroatoms. The quantitative estimate of drug-likeness (QED) is 0.0441. The van der Waals surface area contributed by atoms with E-state index in [0.717, 1.165) is 22.1 Å². The third kappa shape index (κ3) is 12.9. The number of carbonyl (C=O) groups excluding carboxylic acids is 7. The van der Waals surface area contributed by atoms with Gasteiger partial charge in [0.05, 0.1) is 45.2 Å². The van der Waals surface area contributed by atoms with Gasteiger partial charge in [-0.3, -0.25) is 14.4 Å². The number of benzene rings is 4. The number of fused-ring (bicyclic) bond motifs is 8. The molecule has 0 bridgehead atoms. The lowest BCUT2D eigenvalue weighted by atomic mass is 9.47. The maximum atomic E-state index is 13.2. The first-order valence-corrected chi connectivity index (χ1v) is 23.5. The van der Waals surface area contributed by atoms with Crippen molar-refractivity contribution in [1.29, 1.82) is 0 Å². The highest BCUT2D eigenvalue weighted by Gasteiger charge is 2.64. The molecule has 4 heterocycles. The normalized spacial score (nSPS) is 17.4. The molecule has 0 amide bonds. The lowest BCUT2D eigenvalue weighted by molar-refractivity contribution is -0.156. The number of hydrogen-bond donors (Lipinski definition) is 0. The standard InChI is InChI=1S/C27H26O10.C14H14O5.C13H12O5/c1-3-32-23(29)13-34-15-5-7-17-18-11-27(25(18)26(31)37-20(17)9-15)12-22(28)36-21-10-16(6-8-19(21)27)35-14-24(30)33-4-2;1-3-17-14(16)8-18-10-4-5-11-9(2)6-13(15)19-12(11)7-10;1-2-16-13(15)8-17-10-5-3-9-4-6-12(14)18-11(9)7-10/h5-10,18,25H,3-4,11-14H2,1-2H3;4-5,7H,2-3,6,8H2,1H3;3-7H,2,8H2,1H3. The third-order valence-corrected chi connectivity index (χ3v) is 11.8. The molecule has 20 nitrogen and oxygen atoms in total. The Morgan fingerprint density at radius 2 is 1.05 bits per heavy atom. The number of ether oxygens (including phenoxy) is 11. The van der Waals surface area contributed by atoms with Gasteiger partial charge >= 0.3 is 47.4 Å². The maximum absolute atomic E-state index is 13.2. The Bertz CT molecular complexity index is 3030. The van der Waals surface area contributed by atoms with Crippen molar-refractivity contribution < 1.29 is 90.1 Å². The summed E-state index contributed by atoms with van der Waals surface area (Å²) in [6.45, 7) is 10.9. The zero-order valence-electron chi connectivity index (χ0n) is 40.9. The first kappa shape index (κ1) is 53.1. The van der Waals surface area contributed by atoms with E-state index >= 15 is 0 Å². The highest BCUT2D eigenvalue weighted by atomic mass is 16.6. The fourth-order valence-corrected chi connectivity index (χ4v) is 8.68. The van der Waals surface area contributed by atoms with Crippen LogP contribution in [0.25, 0.3) is 16.5 Å². The van der Waals surface area contributed by atoms with Crippen LogP contribution in [0.2, 0.25) is 0 Å². The van der Waals surface area contributed by atoms with Crippen LogP contribution in [0, 0.1) is 5.92 Å². The number of carbonyl (C=O) groups is 7. The summed E-state index contributed by atoms with van der Waals surface area (Å²) in [7, 11) is 0. The molecule has 0 N–H and O–H groups in total. The van der Waals surface area contributed by atoms with Crippen molar-refractivity contribution in [2.75, 3.05) is 52.9 Å². The Labute approximate surface area is 423 Å². The number of hydrogen-bond acceptors (Lipinski definition) is 20. The van der Waals surface area contributed by atoms with Crippen molar-refractivity contribution in [2.45, 2.75) is 58.3 Å². The highest BCUT2D eigenvalue weighted by Crippen LogP contribution is 2.65. The van der Waals surface area contributed by atoms with E-state index in [2.05, 4.69) is 6.58 Å². The van der Waals surface area contributed by atoms with Gasteiger partial charge in [-0.1, -0.05) is 18.7 Å². The molecule has 0 radical (unpaired) electrons. The van der Waals surface area contributed by atoms with E-state index in [1.165, 1.54) is 6.07 Å². The summed E-state index contributed by atoms with van der Waals surface area (Å²) in [5.74, 6) is -1.11. The Kier molecular flexibility index (Phi) is 17.3. The fourth-order valence-electron chi connectivity index (χ4n) is 8.68. The molecule has 1 spiro atoms. The van der Waals surface area contributed by atoms with Crippen LogP contribution in [0.15, 0.2) is 101 Å². The van der Waals surface area contributed by atoms with Crippen LogP contribution in [0.3, 0.4) is 0 Å². The van der Waals surface area contributed by atoms with Crippen LogP contribution in [0.5, 0.6) is 40.2 Å². The summed E-state index contributed by atoms with van der Waals surface area (Å²) in [6.07, 6.45) is 0.791. The zero-order valence-corrected chi connectivity index (χ0v) is 40.9. The summed E-state index contributed by atoms with van der Waals surface area (Å²) in [5.41, 5.74) is 2.29. The second kappa shape index (κ2) is 24.2. The number of rotatable bonds is 16. The van der Waals surface area contributed by atoms with E-state index in [0.29, 0.717) is 71.0 Å². The van der Waals surface area contributed by atoms with Gasteiger partial charge in [-0.2, -0.15) is 0 Å². The topological polar surface area (TPSA) is 251 Å². The Morgan fingerprint density at radius 3 is 1.64 bits per heavy atom. The van der Waals surface area contributed by atoms with Crippen LogP contribution in [-0.2, 0) is 57.9 Å². The van der Waals surface area contributed by atoms with Gasteiger partial charge in [-0.05, 0) is 87.7 Å². The van der Waals surface area contributed by atoms with Crippen LogP contribution >= 0.6 is 0 Å². The lowest BCUT2D eigenvalue weighted by Gasteiger charge is -2.56. The van der Waals surface area contributed by atoms with Crippen molar-refractivity contribution >= 4 is 58.3 Å².